The van der Waals surface area contributed by atoms with Crippen LogP contribution >= 0.6 is 15.9 Å². The van der Waals surface area contributed by atoms with Crippen molar-refractivity contribution in [3.8, 4) is 0 Å². The van der Waals surface area contributed by atoms with E-state index in [1.807, 2.05) is 0 Å². The molecule has 2 rings (SSSR count). The highest BCUT2D eigenvalue weighted by molar-refractivity contribution is 9.10. The van der Waals surface area contributed by atoms with Crippen LogP contribution in [-0.4, -0.2) is 11.1 Å². The molecule has 0 amide bonds. The first-order chi connectivity index (χ1) is 8.03. The summed E-state index contributed by atoms with van der Waals surface area (Å²) in [6.45, 7) is 0. The molecule has 0 radical (unpaired) electrons. The van der Waals surface area contributed by atoms with Crippen molar-refractivity contribution in [1.29, 1.82) is 0 Å². The van der Waals surface area contributed by atoms with Gasteiger partial charge < -0.3 is 5.11 Å². The standard InChI is InChI=1S/C13H14BrFO2/c14-10-4-3-9(11(15)7-10)8-13(12(16)17)5-1-2-6-13/h3-4,7H,1-2,5-6,8H2,(H,16,17). The second-order valence-corrected chi connectivity index (χ2v) is 5.62. The lowest BCUT2D eigenvalue weighted by atomic mass is 9.80. The van der Waals surface area contributed by atoms with Gasteiger partial charge in [0.2, 0.25) is 0 Å². The van der Waals surface area contributed by atoms with E-state index in [1.165, 1.54) is 6.07 Å². The number of aliphatic carboxylic acids is 1. The van der Waals surface area contributed by atoms with Crippen molar-refractivity contribution in [3.63, 3.8) is 0 Å². The summed E-state index contributed by atoms with van der Waals surface area (Å²) >= 11 is 3.20. The molecule has 0 bridgehead atoms. The van der Waals surface area contributed by atoms with E-state index in [2.05, 4.69) is 15.9 Å². The molecule has 1 aliphatic carbocycles. The Morgan fingerprint density at radius 1 is 1.41 bits per heavy atom. The van der Waals surface area contributed by atoms with E-state index in [1.54, 1.807) is 12.1 Å². The van der Waals surface area contributed by atoms with Gasteiger partial charge in [0.05, 0.1) is 5.41 Å². The molecule has 17 heavy (non-hydrogen) atoms. The Bertz CT molecular complexity index is 439. The average Bonchev–Trinajstić information content (AvgIpc) is 2.72. The van der Waals surface area contributed by atoms with E-state index in [4.69, 9.17) is 0 Å². The number of carboxylic acids is 1. The quantitative estimate of drug-likeness (QED) is 0.922. The molecule has 0 unspecified atom stereocenters. The van der Waals surface area contributed by atoms with Gasteiger partial charge in [-0.1, -0.05) is 34.8 Å². The molecule has 0 saturated heterocycles. The second-order valence-electron chi connectivity index (χ2n) is 4.71. The molecular weight excluding hydrogens is 287 g/mol. The number of rotatable bonds is 3. The molecule has 1 N–H and O–H groups in total. The van der Waals surface area contributed by atoms with Crippen molar-refractivity contribution in [3.05, 3.63) is 34.1 Å². The lowest BCUT2D eigenvalue weighted by molar-refractivity contribution is -0.148. The monoisotopic (exact) mass is 300 g/mol. The molecule has 0 aromatic heterocycles. The lowest BCUT2D eigenvalue weighted by Crippen LogP contribution is -2.30. The van der Waals surface area contributed by atoms with E-state index in [-0.39, 0.29) is 5.82 Å². The number of hydrogen-bond donors (Lipinski definition) is 1. The van der Waals surface area contributed by atoms with Crippen LogP contribution in [-0.2, 0) is 11.2 Å². The summed E-state index contributed by atoms with van der Waals surface area (Å²) in [7, 11) is 0. The maximum atomic E-state index is 13.7. The van der Waals surface area contributed by atoms with Crippen molar-refractivity contribution >= 4 is 21.9 Å². The highest BCUT2D eigenvalue weighted by atomic mass is 79.9. The predicted molar refractivity (Wildman–Crippen MR) is 66.3 cm³/mol. The number of halogens is 2. The van der Waals surface area contributed by atoms with E-state index in [0.29, 0.717) is 29.3 Å². The number of carbonyl (C=O) groups is 1. The molecule has 0 atom stereocenters. The summed E-state index contributed by atoms with van der Waals surface area (Å²) in [5.41, 5.74) is -0.258. The summed E-state index contributed by atoms with van der Waals surface area (Å²) in [5.74, 6) is -1.12. The molecule has 0 spiro atoms. The molecule has 1 fully saturated rings. The molecule has 92 valence electrons. The fourth-order valence-electron chi connectivity index (χ4n) is 2.55. The highest BCUT2D eigenvalue weighted by Gasteiger charge is 2.41. The molecule has 1 aromatic carbocycles. The molecule has 1 aliphatic rings. The molecular formula is C13H14BrFO2. The van der Waals surface area contributed by atoms with E-state index in [9.17, 15) is 14.3 Å². The average molecular weight is 301 g/mol. The van der Waals surface area contributed by atoms with Gasteiger partial charge in [0.1, 0.15) is 5.82 Å². The Morgan fingerprint density at radius 2 is 2.06 bits per heavy atom. The highest BCUT2D eigenvalue weighted by Crippen LogP contribution is 2.41. The van der Waals surface area contributed by atoms with Crippen LogP contribution in [0.25, 0.3) is 0 Å². The summed E-state index contributed by atoms with van der Waals surface area (Å²) in [5, 5.41) is 9.34. The zero-order chi connectivity index (χ0) is 12.5. The second kappa shape index (κ2) is 4.77. The van der Waals surface area contributed by atoms with E-state index < -0.39 is 11.4 Å². The van der Waals surface area contributed by atoms with Gasteiger partial charge in [-0.05, 0) is 37.0 Å². The van der Waals surface area contributed by atoms with Crippen LogP contribution in [0.15, 0.2) is 22.7 Å². The Hall–Kier alpha value is -0.900. The van der Waals surface area contributed by atoms with Gasteiger partial charge in [-0.25, -0.2) is 4.39 Å². The van der Waals surface area contributed by atoms with Crippen molar-refractivity contribution in [2.75, 3.05) is 0 Å². The number of carboxylic acid groups (broad SMARTS) is 1. The minimum atomic E-state index is -0.794. The largest absolute Gasteiger partial charge is 0.481 e. The zero-order valence-corrected chi connectivity index (χ0v) is 11.0. The van der Waals surface area contributed by atoms with Crippen LogP contribution in [0.1, 0.15) is 31.2 Å². The maximum Gasteiger partial charge on any atom is 0.309 e. The van der Waals surface area contributed by atoms with E-state index >= 15 is 0 Å². The fourth-order valence-corrected chi connectivity index (χ4v) is 2.88. The number of hydrogen-bond acceptors (Lipinski definition) is 1. The summed E-state index contributed by atoms with van der Waals surface area (Å²) < 4.78 is 14.4. The zero-order valence-electron chi connectivity index (χ0n) is 9.38. The third-order valence-electron chi connectivity index (χ3n) is 3.56. The summed E-state index contributed by atoms with van der Waals surface area (Å²) in [6, 6.07) is 4.81. The van der Waals surface area contributed by atoms with Crippen LogP contribution in [0, 0.1) is 11.2 Å². The maximum absolute atomic E-state index is 13.7. The predicted octanol–water partition coefficient (Wildman–Crippen LogP) is 3.78. The molecule has 0 heterocycles. The topological polar surface area (TPSA) is 37.3 Å². The van der Waals surface area contributed by atoms with E-state index in [0.717, 1.165) is 12.8 Å². The van der Waals surface area contributed by atoms with Crippen molar-refractivity contribution in [2.45, 2.75) is 32.1 Å². The van der Waals surface area contributed by atoms with Gasteiger partial charge in [0.15, 0.2) is 0 Å². The summed E-state index contributed by atoms with van der Waals surface area (Å²) in [4.78, 5) is 11.4. The molecule has 1 saturated carbocycles. The lowest BCUT2D eigenvalue weighted by Gasteiger charge is -2.24. The minimum absolute atomic E-state index is 0.293. The first-order valence-corrected chi connectivity index (χ1v) is 6.50. The third-order valence-corrected chi connectivity index (χ3v) is 4.05. The van der Waals surface area contributed by atoms with Gasteiger partial charge >= 0.3 is 5.97 Å². The Balaban J connectivity index is 2.26. The van der Waals surface area contributed by atoms with Crippen LogP contribution in [0.5, 0.6) is 0 Å². The van der Waals surface area contributed by atoms with Gasteiger partial charge in [-0.2, -0.15) is 0 Å². The van der Waals surface area contributed by atoms with Gasteiger partial charge in [-0.3, -0.25) is 4.79 Å². The van der Waals surface area contributed by atoms with Crippen molar-refractivity contribution in [1.82, 2.24) is 0 Å². The van der Waals surface area contributed by atoms with Crippen LogP contribution in [0.4, 0.5) is 4.39 Å². The molecule has 4 heteroatoms. The Kier molecular flexibility index (Phi) is 3.52. The Morgan fingerprint density at radius 3 is 2.59 bits per heavy atom. The number of benzene rings is 1. The van der Waals surface area contributed by atoms with Crippen molar-refractivity contribution < 1.29 is 14.3 Å². The molecule has 2 nitrogen and oxygen atoms in total. The van der Waals surface area contributed by atoms with Gasteiger partial charge in [0, 0.05) is 4.47 Å². The summed E-state index contributed by atoms with van der Waals surface area (Å²) in [6.07, 6.45) is 3.44. The fraction of sp³-hybridized carbons (Fsp3) is 0.462. The van der Waals surface area contributed by atoms with Crippen molar-refractivity contribution in [2.24, 2.45) is 5.41 Å². The first kappa shape index (κ1) is 12.6. The van der Waals surface area contributed by atoms with Crippen LogP contribution < -0.4 is 0 Å². The van der Waals surface area contributed by atoms with Crippen LogP contribution in [0.2, 0.25) is 0 Å². The van der Waals surface area contributed by atoms with Gasteiger partial charge in [-0.15, -0.1) is 0 Å². The van der Waals surface area contributed by atoms with Gasteiger partial charge in [0.25, 0.3) is 0 Å². The Labute approximate surface area is 108 Å². The normalized spacial score (nSPS) is 18.2. The molecule has 1 aromatic rings. The minimum Gasteiger partial charge on any atom is -0.481 e. The first-order valence-electron chi connectivity index (χ1n) is 5.71. The molecule has 0 aliphatic heterocycles. The smallest absolute Gasteiger partial charge is 0.309 e. The van der Waals surface area contributed by atoms with Crippen LogP contribution in [0.3, 0.4) is 0 Å². The third kappa shape index (κ3) is 2.51. The SMILES string of the molecule is O=C(O)C1(Cc2ccc(Br)cc2F)CCCC1.